The summed E-state index contributed by atoms with van der Waals surface area (Å²) in [6.07, 6.45) is 2.37. The summed E-state index contributed by atoms with van der Waals surface area (Å²) in [5.41, 5.74) is 11.0. The topological polar surface area (TPSA) is 50.5 Å². The number of halogens is 1. The molecule has 33 heavy (non-hydrogen) atoms. The second-order valence-corrected chi connectivity index (χ2v) is 9.17. The van der Waals surface area contributed by atoms with Crippen molar-refractivity contribution in [2.45, 2.75) is 37.5 Å². The molecular formula is C28H34ClN3O. The van der Waals surface area contributed by atoms with Crippen molar-refractivity contribution in [2.24, 2.45) is 5.73 Å². The largest absolute Gasteiger partial charge is 0.489 e. The van der Waals surface area contributed by atoms with E-state index in [1.807, 2.05) is 6.07 Å². The molecule has 1 aliphatic heterocycles. The summed E-state index contributed by atoms with van der Waals surface area (Å²) >= 11 is 0. The van der Waals surface area contributed by atoms with E-state index < -0.39 is 0 Å². The highest BCUT2D eigenvalue weighted by Gasteiger charge is 2.37. The summed E-state index contributed by atoms with van der Waals surface area (Å²) in [6, 6.07) is 28.7. The maximum atomic E-state index is 6.02. The Morgan fingerprint density at radius 2 is 1.64 bits per heavy atom. The van der Waals surface area contributed by atoms with Crippen molar-refractivity contribution in [3.05, 3.63) is 90.0 Å². The molecule has 0 radical (unpaired) electrons. The number of rotatable bonds is 9. The van der Waals surface area contributed by atoms with Gasteiger partial charge in [-0.1, -0.05) is 66.7 Å². The third-order valence-electron chi connectivity index (χ3n) is 6.71. The van der Waals surface area contributed by atoms with Crippen LogP contribution in [0.1, 0.15) is 29.9 Å². The summed E-state index contributed by atoms with van der Waals surface area (Å²) in [6.45, 7) is 4.94. The maximum absolute atomic E-state index is 6.02. The molecule has 1 saturated carbocycles. The molecule has 3 N–H and O–H groups in total. The van der Waals surface area contributed by atoms with Crippen LogP contribution >= 0.6 is 12.4 Å². The lowest BCUT2D eigenvalue weighted by Gasteiger charge is -2.15. The Bertz CT molecular complexity index is 994. The zero-order valence-electron chi connectivity index (χ0n) is 19.0. The van der Waals surface area contributed by atoms with Crippen molar-refractivity contribution in [3.63, 3.8) is 0 Å². The number of hydrogen-bond donors (Lipinski definition) is 2. The second-order valence-electron chi connectivity index (χ2n) is 9.17. The van der Waals surface area contributed by atoms with Gasteiger partial charge < -0.3 is 20.7 Å². The Balaban J connectivity index is 0.00000259. The fraction of sp³-hybridized carbons (Fsp3) is 0.357. The summed E-state index contributed by atoms with van der Waals surface area (Å²) < 4.78 is 6.02. The number of benzene rings is 3. The van der Waals surface area contributed by atoms with Gasteiger partial charge >= 0.3 is 0 Å². The van der Waals surface area contributed by atoms with Crippen LogP contribution in [0.4, 0.5) is 0 Å². The molecule has 1 aliphatic carbocycles. The predicted octanol–water partition coefficient (Wildman–Crippen LogP) is 4.83. The van der Waals surface area contributed by atoms with E-state index in [-0.39, 0.29) is 12.4 Å². The van der Waals surface area contributed by atoms with Crippen LogP contribution in [0.25, 0.3) is 11.1 Å². The minimum Gasteiger partial charge on any atom is -0.489 e. The van der Waals surface area contributed by atoms with Crippen LogP contribution < -0.4 is 15.8 Å². The van der Waals surface area contributed by atoms with E-state index in [4.69, 9.17) is 10.5 Å². The normalized spacial score (nSPS) is 22.0. The van der Waals surface area contributed by atoms with Gasteiger partial charge in [0.15, 0.2) is 0 Å². The van der Waals surface area contributed by atoms with E-state index in [0.29, 0.717) is 24.6 Å². The third-order valence-corrected chi connectivity index (χ3v) is 6.71. The average Bonchev–Trinajstić information content (AvgIpc) is 3.50. The van der Waals surface area contributed by atoms with Crippen LogP contribution in [-0.2, 0) is 6.61 Å². The Morgan fingerprint density at radius 1 is 0.909 bits per heavy atom. The smallest absolute Gasteiger partial charge is 0.119 e. The van der Waals surface area contributed by atoms with Gasteiger partial charge in [-0.05, 0) is 53.8 Å². The molecule has 1 saturated heterocycles. The zero-order chi connectivity index (χ0) is 21.8. The summed E-state index contributed by atoms with van der Waals surface area (Å²) in [5, 5.41) is 3.71. The summed E-state index contributed by atoms with van der Waals surface area (Å²) in [7, 11) is 0. The van der Waals surface area contributed by atoms with Crippen molar-refractivity contribution >= 4 is 12.4 Å². The average molecular weight is 464 g/mol. The SMILES string of the molecule is Cl.NC1CCN(CCNC2CC2c2ccc(OCc3ccc(-c4ccccc4)cc3)cc2)C1. The van der Waals surface area contributed by atoms with Crippen LogP contribution in [-0.4, -0.2) is 43.2 Å². The second kappa shape index (κ2) is 11.2. The molecule has 0 spiro atoms. The molecule has 3 atom stereocenters. The van der Waals surface area contributed by atoms with Gasteiger partial charge in [0.1, 0.15) is 12.4 Å². The van der Waals surface area contributed by atoms with Gasteiger partial charge in [-0.15, -0.1) is 12.4 Å². The number of nitrogens with one attached hydrogen (secondary N) is 1. The lowest BCUT2D eigenvalue weighted by molar-refractivity contribution is 0.306. The maximum Gasteiger partial charge on any atom is 0.119 e. The van der Waals surface area contributed by atoms with Crippen LogP contribution in [0.2, 0.25) is 0 Å². The first-order chi connectivity index (χ1) is 15.7. The van der Waals surface area contributed by atoms with Crippen molar-refractivity contribution in [2.75, 3.05) is 26.2 Å². The van der Waals surface area contributed by atoms with Gasteiger partial charge in [0.25, 0.3) is 0 Å². The Morgan fingerprint density at radius 3 is 2.33 bits per heavy atom. The van der Waals surface area contributed by atoms with Gasteiger partial charge in [-0.3, -0.25) is 0 Å². The molecule has 3 aromatic carbocycles. The van der Waals surface area contributed by atoms with Crippen molar-refractivity contribution in [1.29, 1.82) is 0 Å². The van der Waals surface area contributed by atoms with Gasteiger partial charge in [0.05, 0.1) is 0 Å². The van der Waals surface area contributed by atoms with E-state index in [9.17, 15) is 0 Å². The van der Waals surface area contributed by atoms with Crippen molar-refractivity contribution in [3.8, 4) is 16.9 Å². The van der Waals surface area contributed by atoms with Gasteiger partial charge in [0.2, 0.25) is 0 Å². The standard InChI is InChI=1S/C28H33N3O.ClH/c29-25-14-16-31(19-25)17-15-30-28-18-27(28)24-10-12-26(13-11-24)32-20-21-6-8-23(9-7-21)22-4-2-1-3-5-22;/h1-13,25,27-28,30H,14-20,29H2;1H. The minimum absolute atomic E-state index is 0. The first-order valence-electron chi connectivity index (χ1n) is 11.8. The van der Waals surface area contributed by atoms with Gasteiger partial charge in [-0.2, -0.15) is 0 Å². The molecule has 4 nitrogen and oxygen atoms in total. The summed E-state index contributed by atoms with van der Waals surface area (Å²) in [4.78, 5) is 2.47. The molecule has 0 aromatic heterocycles. The molecule has 0 bridgehead atoms. The Labute approximate surface area is 203 Å². The van der Waals surface area contributed by atoms with Crippen LogP contribution in [0.5, 0.6) is 5.75 Å². The number of ether oxygens (including phenoxy) is 1. The molecule has 5 heteroatoms. The van der Waals surface area contributed by atoms with E-state index in [1.54, 1.807) is 0 Å². The molecule has 174 valence electrons. The van der Waals surface area contributed by atoms with E-state index >= 15 is 0 Å². The summed E-state index contributed by atoms with van der Waals surface area (Å²) in [5.74, 6) is 1.56. The highest BCUT2D eigenvalue weighted by molar-refractivity contribution is 5.85. The van der Waals surface area contributed by atoms with Gasteiger partial charge in [0, 0.05) is 37.6 Å². The zero-order valence-corrected chi connectivity index (χ0v) is 19.8. The Hall–Kier alpha value is -2.37. The number of nitrogens with two attached hydrogens (primary N) is 1. The molecule has 0 amide bonds. The van der Waals surface area contributed by atoms with Crippen molar-refractivity contribution in [1.82, 2.24) is 10.2 Å². The number of hydrogen-bond acceptors (Lipinski definition) is 4. The predicted molar refractivity (Wildman–Crippen MR) is 138 cm³/mol. The van der Waals surface area contributed by atoms with Crippen molar-refractivity contribution < 1.29 is 4.74 Å². The lowest BCUT2D eigenvalue weighted by atomic mass is 10.0. The molecule has 2 fully saturated rings. The van der Waals surface area contributed by atoms with Gasteiger partial charge in [-0.25, -0.2) is 0 Å². The first kappa shape index (κ1) is 23.8. The molecule has 3 unspecified atom stereocenters. The molecule has 1 heterocycles. The fourth-order valence-corrected chi connectivity index (χ4v) is 4.66. The fourth-order valence-electron chi connectivity index (χ4n) is 4.66. The third kappa shape index (κ3) is 6.36. The van der Waals surface area contributed by atoms with Crippen LogP contribution in [0, 0.1) is 0 Å². The van der Waals surface area contributed by atoms with Crippen LogP contribution in [0.3, 0.4) is 0 Å². The molecule has 5 rings (SSSR count). The first-order valence-corrected chi connectivity index (χ1v) is 11.8. The quantitative estimate of drug-likeness (QED) is 0.477. The monoisotopic (exact) mass is 463 g/mol. The number of likely N-dealkylation sites (tertiary alicyclic amines) is 1. The van der Waals surface area contributed by atoms with Crippen LogP contribution in [0.15, 0.2) is 78.9 Å². The van der Waals surface area contributed by atoms with E-state index in [1.165, 1.54) is 28.7 Å². The molecular weight excluding hydrogens is 430 g/mol. The highest BCUT2D eigenvalue weighted by Crippen LogP contribution is 2.41. The Kier molecular flexibility index (Phi) is 8.05. The lowest BCUT2D eigenvalue weighted by Crippen LogP contribution is -2.33. The minimum atomic E-state index is 0. The molecule has 3 aromatic rings. The van der Waals surface area contributed by atoms with E-state index in [2.05, 4.69) is 83.0 Å². The van der Waals surface area contributed by atoms with E-state index in [0.717, 1.165) is 38.3 Å². The number of nitrogens with zero attached hydrogens (tertiary/aromatic N) is 1. The molecule has 2 aliphatic rings. The highest BCUT2D eigenvalue weighted by atomic mass is 35.5.